The zero-order valence-electron chi connectivity index (χ0n) is 20.4. The number of anilines is 1. The number of likely N-dealkylation sites (N-methyl/N-ethyl adjacent to an activating group) is 1. The average Bonchev–Trinajstić information content (AvgIpc) is 3.23. The van der Waals surface area contributed by atoms with E-state index in [1.54, 1.807) is 30.5 Å². The first kappa shape index (κ1) is 25.4. The molecular formula is C24H31ClN6O3S. The lowest BCUT2D eigenvalue weighted by molar-refractivity contribution is 0.312. The summed E-state index contributed by atoms with van der Waals surface area (Å²) < 4.78 is 36.6. The van der Waals surface area contributed by atoms with Gasteiger partial charge < -0.3 is 14.5 Å². The Morgan fingerprint density at radius 3 is 2.54 bits per heavy atom. The van der Waals surface area contributed by atoms with Gasteiger partial charge in [0.2, 0.25) is 10.0 Å². The topological polar surface area (TPSA) is 92.6 Å². The fourth-order valence-corrected chi connectivity index (χ4v) is 5.83. The molecule has 3 aromatic rings. The largest absolute Gasteiger partial charge is 0.424 e. The average molecular weight is 519 g/mol. The van der Waals surface area contributed by atoms with E-state index in [1.807, 2.05) is 25.1 Å². The fourth-order valence-electron chi connectivity index (χ4n) is 4.13. The van der Waals surface area contributed by atoms with Crippen molar-refractivity contribution in [2.45, 2.75) is 38.3 Å². The van der Waals surface area contributed by atoms with Crippen molar-refractivity contribution in [3.63, 3.8) is 0 Å². The second kappa shape index (κ2) is 10.5. The molecule has 11 heteroatoms. The van der Waals surface area contributed by atoms with Gasteiger partial charge in [-0.2, -0.15) is 0 Å². The van der Waals surface area contributed by atoms with E-state index < -0.39 is 16.1 Å². The molecular weight excluding hydrogens is 488 g/mol. The van der Waals surface area contributed by atoms with Crippen LogP contribution in [0.3, 0.4) is 0 Å². The van der Waals surface area contributed by atoms with Crippen LogP contribution < -0.4 is 14.4 Å². The molecule has 2 heterocycles. The molecule has 9 nitrogen and oxygen atoms in total. The number of ether oxygens (including phenoxy) is 1. The lowest BCUT2D eigenvalue weighted by Crippen LogP contribution is -2.44. The number of halogens is 1. The monoisotopic (exact) mass is 518 g/mol. The molecule has 188 valence electrons. The summed E-state index contributed by atoms with van der Waals surface area (Å²) in [6.07, 6.45) is 0. The Hall–Kier alpha value is -2.66. The van der Waals surface area contributed by atoms with Crippen LogP contribution in [-0.2, 0) is 16.6 Å². The van der Waals surface area contributed by atoms with E-state index in [2.05, 4.69) is 37.8 Å². The summed E-state index contributed by atoms with van der Waals surface area (Å²) in [4.78, 5) is 4.78. The van der Waals surface area contributed by atoms with Gasteiger partial charge in [-0.25, -0.2) is 13.1 Å². The van der Waals surface area contributed by atoms with E-state index >= 15 is 0 Å². The van der Waals surface area contributed by atoms with Crippen LogP contribution in [0.15, 0.2) is 47.4 Å². The Bertz CT molecular complexity index is 1290. The number of benzene rings is 2. The van der Waals surface area contributed by atoms with Gasteiger partial charge in [0, 0.05) is 49.5 Å². The highest BCUT2D eigenvalue weighted by atomic mass is 35.5. The van der Waals surface area contributed by atoms with Crippen LogP contribution in [0.25, 0.3) is 0 Å². The maximum atomic E-state index is 13.0. The molecule has 1 saturated heterocycles. The minimum atomic E-state index is -3.82. The predicted octanol–water partition coefficient (Wildman–Crippen LogP) is 3.84. The number of nitrogens with one attached hydrogen (secondary N) is 1. The molecule has 35 heavy (non-hydrogen) atoms. The number of aromatic nitrogens is 3. The molecule has 0 radical (unpaired) electrons. The van der Waals surface area contributed by atoms with Crippen LogP contribution in [0.1, 0.15) is 31.3 Å². The smallest absolute Gasteiger partial charge is 0.322 e. The van der Waals surface area contributed by atoms with E-state index in [9.17, 15) is 8.42 Å². The SMILES string of the molecule is CCn1c(Oc2cccc(N3CCN(C)CC3)c2)nnc1[C@@H](C)NS(=O)(=O)c1cccc(Cl)c1C. The van der Waals surface area contributed by atoms with Crippen molar-refractivity contribution >= 4 is 27.3 Å². The summed E-state index contributed by atoms with van der Waals surface area (Å²) in [6, 6.07) is 12.4. The lowest BCUT2D eigenvalue weighted by atomic mass is 10.2. The van der Waals surface area contributed by atoms with Crippen LogP contribution in [0.4, 0.5) is 5.69 Å². The Morgan fingerprint density at radius 1 is 1.11 bits per heavy atom. The maximum absolute atomic E-state index is 13.0. The normalized spacial score (nSPS) is 15.9. The number of sulfonamides is 1. The van der Waals surface area contributed by atoms with Crippen LogP contribution in [-0.4, -0.2) is 61.3 Å². The van der Waals surface area contributed by atoms with Gasteiger partial charge >= 0.3 is 6.01 Å². The lowest BCUT2D eigenvalue weighted by Gasteiger charge is -2.34. The van der Waals surface area contributed by atoms with Crippen molar-refractivity contribution in [3.8, 4) is 11.8 Å². The third-order valence-corrected chi connectivity index (χ3v) is 8.28. The summed E-state index contributed by atoms with van der Waals surface area (Å²) in [5.41, 5.74) is 1.59. The van der Waals surface area contributed by atoms with Gasteiger partial charge in [0.1, 0.15) is 5.75 Å². The predicted molar refractivity (Wildman–Crippen MR) is 137 cm³/mol. The van der Waals surface area contributed by atoms with Crippen LogP contribution in [0.2, 0.25) is 5.02 Å². The van der Waals surface area contributed by atoms with Crippen molar-refractivity contribution in [1.82, 2.24) is 24.4 Å². The summed E-state index contributed by atoms with van der Waals surface area (Å²) in [7, 11) is -1.69. The van der Waals surface area contributed by atoms with Crippen molar-refractivity contribution in [3.05, 3.63) is 58.9 Å². The molecule has 0 amide bonds. The van der Waals surface area contributed by atoms with Crippen LogP contribution in [0, 0.1) is 6.92 Å². The van der Waals surface area contributed by atoms with Gasteiger partial charge in [0.15, 0.2) is 5.82 Å². The summed E-state index contributed by atoms with van der Waals surface area (Å²) in [5, 5.41) is 8.84. The summed E-state index contributed by atoms with van der Waals surface area (Å²) in [6.45, 7) is 9.80. The third kappa shape index (κ3) is 5.61. The molecule has 1 aromatic heterocycles. The second-order valence-electron chi connectivity index (χ2n) is 8.68. The van der Waals surface area contributed by atoms with Gasteiger partial charge in [-0.1, -0.05) is 28.8 Å². The van der Waals surface area contributed by atoms with Gasteiger partial charge in [0.05, 0.1) is 10.9 Å². The van der Waals surface area contributed by atoms with Crippen LogP contribution in [0.5, 0.6) is 11.8 Å². The van der Waals surface area contributed by atoms with Gasteiger partial charge in [-0.15, -0.1) is 5.10 Å². The molecule has 1 aliphatic heterocycles. The van der Waals surface area contributed by atoms with Gasteiger partial charge in [0.25, 0.3) is 0 Å². The number of rotatable bonds is 8. The minimum absolute atomic E-state index is 0.136. The van der Waals surface area contributed by atoms with E-state index in [1.165, 1.54) is 6.07 Å². The van der Waals surface area contributed by atoms with Gasteiger partial charge in [-0.05, 0) is 57.6 Å². The van der Waals surface area contributed by atoms with Crippen molar-refractivity contribution in [2.75, 3.05) is 38.1 Å². The molecule has 1 aliphatic rings. The first-order valence-electron chi connectivity index (χ1n) is 11.6. The first-order valence-corrected chi connectivity index (χ1v) is 13.5. The highest BCUT2D eigenvalue weighted by Gasteiger charge is 2.26. The molecule has 4 rings (SSSR count). The van der Waals surface area contributed by atoms with Crippen molar-refractivity contribution in [1.29, 1.82) is 0 Å². The minimum Gasteiger partial charge on any atom is -0.424 e. The van der Waals surface area contributed by atoms with Crippen molar-refractivity contribution < 1.29 is 13.2 Å². The van der Waals surface area contributed by atoms with Crippen molar-refractivity contribution in [2.24, 2.45) is 0 Å². The molecule has 0 unspecified atom stereocenters. The molecule has 1 atom stereocenters. The zero-order chi connectivity index (χ0) is 25.2. The second-order valence-corrected chi connectivity index (χ2v) is 10.8. The molecule has 0 spiro atoms. The Kier molecular flexibility index (Phi) is 7.65. The summed E-state index contributed by atoms with van der Waals surface area (Å²) in [5.74, 6) is 1.11. The number of piperazine rings is 1. The molecule has 1 N–H and O–H groups in total. The number of hydrogen-bond donors (Lipinski definition) is 1. The number of nitrogens with zero attached hydrogens (tertiary/aromatic N) is 5. The maximum Gasteiger partial charge on any atom is 0.322 e. The summed E-state index contributed by atoms with van der Waals surface area (Å²) >= 11 is 6.13. The fraction of sp³-hybridized carbons (Fsp3) is 0.417. The quantitative estimate of drug-likeness (QED) is 0.484. The van der Waals surface area contributed by atoms with E-state index in [-0.39, 0.29) is 4.90 Å². The molecule has 0 bridgehead atoms. The molecule has 0 saturated carbocycles. The Morgan fingerprint density at radius 2 is 1.83 bits per heavy atom. The third-order valence-electron chi connectivity index (χ3n) is 6.18. The van der Waals surface area contributed by atoms with Crippen LogP contribution >= 0.6 is 11.6 Å². The molecule has 1 fully saturated rings. The number of hydrogen-bond acceptors (Lipinski definition) is 7. The zero-order valence-corrected chi connectivity index (χ0v) is 22.0. The first-order chi connectivity index (χ1) is 16.7. The highest BCUT2D eigenvalue weighted by molar-refractivity contribution is 7.89. The molecule has 0 aliphatic carbocycles. The highest BCUT2D eigenvalue weighted by Crippen LogP contribution is 2.28. The standard InChI is InChI=1S/C24H31ClN6O3S/c1-5-31-23(18(3)28-35(32,33)22-11-7-10-21(25)17(22)2)26-27-24(31)34-20-9-6-8-19(16-20)30-14-12-29(4)13-15-30/h6-11,16,18,28H,5,12-15H2,1-4H3/t18-/m1/s1. The van der Waals surface area contributed by atoms with Gasteiger partial charge in [-0.3, -0.25) is 4.57 Å². The molecule has 2 aromatic carbocycles. The van der Waals surface area contributed by atoms with E-state index in [0.717, 1.165) is 31.9 Å². The Balaban J connectivity index is 1.52. The Labute approximate surface area is 211 Å². The van der Waals surface area contributed by atoms with E-state index in [0.29, 0.717) is 34.7 Å². The van der Waals surface area contributed by atoms with E-state index in [4.69, 9.17) is 16.3 Å².